The molecule has 122 valence electrons. The Labute approximate surface area is 122 Å². The fraction of sp³-hybridized carbons (Fsp3) is 0.750. The molecule has 0 aromatic carbocycles. The molecule has 0 rings (SSSR count). The number of nitrogens with zero attached hydrogens (tertiary/aromatic N) is 2. The molecule has 0 aromatic rings. The normalized spacial score (nSPS) is 11.9. The van der Waals surface area contributed by atoms with Gasteiger partial charge in [-0.15, -0.1) is 0 Å². The van der Waals surface area contributed by atoms with Gasteiger partial charge in [-0.2, -0.15) is 5.12 Å². The molecule has 0 fully saturated rings. The van der Waals surface area contributed by atoms with Crippen LogP contribution in [0, 0.1) is 0 Å². The summed E-state index contributed by atoms with van der Waals surface area (Å²) in [6, 6.07) is 0. The average molecular weight is 305 g/mol. The van der Waals surface area contributed by atoms with Gasteiger partial charge in [0.2, 0.25) is 0 Å². The summed E-state index contributed by atoms with van der Waals surface area (Å²) in [6.07, 6.45) is 0.422. The summed E-state index contributed by atoms with van der Waals surface area (Å²) in [6.45, 7) is 3.30. The van der Waals surface area contributed by atoms with Crippen molar-refractivity contribution in [2.24, 2.45) is 5.84 Å². The zero-order valence-corrected chi connectivity index (χ0v) is 12.3. The zero-order chi connectivity index (χ0) is 16.6. The van der Waals surface area contributed by atoms with E-state index >= 15 is 0 Å². The minimum Gasteiger partial charge on any atom is -0.481 e. The minimum absolute atomic E-state index is 0.0726. The number of hydrogen-bond acceptors (Lipinski definition) is 6. The molecule has 0 atom stereocenters. The standard InChI is InChI=1S/C12H23N3O6/c1-12(2,11(20)21)15(13)14(7-3-5-9(16)17)8-4-6-10(18)19/h3-8,13H2,1-2H3,(H,16,17)(H,18,19)(H,20,21). The lowest BCUT2D eigenvalue weighted by molar-refractivity contribution is -0.168. The molecule has 0 aromatic heterocycles. The first kappa shape index (κ1) is 19.3. The number of hydrazine groups is 2. The van der Waals surface area contributed by atoms with Gasteiger partial charge in [0, 0.05) is 25.9 Å². The van der Waals surface area contributed by atoms with Gasteiger partial charge >= 0.3 is 17.9 Å². The third kappa shape index (κ3) is 7.02. The van der Waals surface area contributed by atoms with Crippen LogP contribution in [-0.2, 0) is 14.4 Å². The molecule has 9 nitrogen and oxygen atoms in total. The summed E-state index contributed by atoms with van der Waals surface area (Å²) in [5.41, 5.74) is -1.38. The van der Waals surface area contributed by atoms with Crippen molar-refractivity contribution in [1.29, 1.82) is 0 Å². The number of carboxylic acids is 3. The molecule has 0 unspecified atom stereocenters. The quantitative estimate of drug-likeness (QED) is 0.305. The van der Waals surface area contributed by atoms with E-state index in [1.807, 2.05) is 0 Å². The van der Waals surface area contributed by atoms with Gasteiger partial charge in [0.25, 0.3) is 0 Å². The summed E-state index contributed by atoms with van der Waals surface area (Å²) < 4.78 is 0. The predicted octanol–water partition coefficient (Wildman–Crippen LogP) is -0.0281. The van der Waals surface area contributed by atoms with Crippen molar-refractivity contribution in [3.05, 3.63) is 0 Å². The second kappa shape index (κ2) is 8.55. The maximum atomic E-state index is 11.2. The summed E-state index contributed by atoms with van der Waals surface area (Å²) in [5, 5.41) is 28.9. The number of nitrogens with two attached hydrogens (primary N) is 1. The summed E-state index contributed by atoms with van der Waals surface area (Å²) in [7, 11) is 0. The second-order valence-electron chi connectivity index (χ2n) is 5.16. The highest BCUT2D eigenvalue weighted by Crippen LogP contribution is 2.15. The maximum Gasteiger partial charge on any atom is 0.326 e. The van der Waals surface area contributed by atoms with Gasteiger partial charge < -0.3 is 15.3 Å². The Bertz CT molecular complexity index is 365. The van der Waals surface area contributed by atoms with Crippen LogP contribution in [0.1, 0.15) is 39.5 Å². The molecule has 21 heavy (non-hydrogen) atoms. The van der Waals surface area contributed by atoms with Crippen molar-refractivity contribution < 1.29 is 29.7 Å². The number of carboxylic acid groups (broad SMARTS) is 3. The van der Waals surface area contributed by atoms with E-state index in [4.69, 9.17) is 21.2 Å². The number of carbonyl (C=O) groups is 3. The van der Waals surface area contributed by atoms with Crippen LogP contribution in [0.4, 0.5) is 0 Å². The molecule has 0 amide bonds. The molecule has 0 heterocycles. The van der Waals surface area contributed by atoms with Crippen LogP contribution in [0.2, 0.25) is 0 Å². The highest BCUT2D eigenvalue weighted by molar-refractivity contribution is 5.77. The Kier molecular flexibility index (Phi) is 7.85. The maximum absolute atomic E-state index is 11.2. The first-order valence-corrected chi connectivity index (χ1v) is 6.55. The van der Waals surface area contributed by atoms with E-state index in [9.17, 15) is 14.4 Å². The average Bonchev–Trinajstić information content (AvgIpc) is 2.35. The van der Waals surface area contributed by atoms with Crippen LogP contribution in [0.3, 0.4) is 0 Å². The minimum atomic E-state index is -1.38. The molecule has 0 radical (unpaired) electrons. The summed E-state index contributed by atoms with van der Waals surface area (Å²) >= 11 is 0. The molecule has 0 saturated heterocycles. The highest BCUT2D eigenvalue weighted by Gasteiger charge is 2.36. The first-order valence-electron chi connectivity index (χ1n) is 6.55. The van der Waals surface area contributed by atoms with Crippen molar-refractivity contribution in [1.82, 2.24) is 10.1 Å². The zero-order valence-electron chi connectivity index (χ0n) is 12.3. The lowest BCUT2D eigenvalue weighted by Gasteiger charge is -2.39. The van der Waals surface area contributed by atoms with E-state index in [-0.39, 0.29) is 38.8 Å². The Morgan fingerprint density at radius 3 is 1.62 bits per heavy atom. The lowest BCUT2D eigenvalue weighted by Crippen LogP contribution is -2.62. The Hall–Kier alpha value is -1.71. The Balaban J connectivity index is 4.72. The summed E-state index contributed by atoms with van der Waals surface area (Å²) in [4.78, 5) is 32.2. The van der Waals surface area contributed by atoms with Crippen molar-refractivity contribution in [3.8, 4) is 0 Å². The third-order valence-electron chi connectivity index (χ3n) is 3.01. The van der Waals surface area contributed by atoms with Crippen LogP contribution in [0.25, 0.3) is 0 Å². The summed E-state index contributed by atoms with van der Waals surface area (Å²) in [5.74, 6) is 2.77. The first-order chi connectivity index (χ1) is 9.59. The van der Waals surface area contributed by atoms with Crippen LogP contribution in [-0.4, -0.2) is 62.0 Å². The van der Waals surface area contributed by atoms with Crippen molar-refractivity contribution in [3.63, 3.8) is 0 Å². The van der Waals surface area contributed by atoms with Gasteiger partial charge in [0.1, 0.15) is 5.54 Å². The Morgan fingerprint density at radius 1 is 0.952 bits per heavy atom. The fourth-order valence-corrected chi connectivity index (χ4v) is 1.60. The van der Waals surface area contributed by atoms with Gasteiger partial charge in [-0.05, 0) is 26.7 Å². The fourth-order valence-electron chi connectivity index (χ4n) is 1.60. The van der Waals surface area contributed by atoms with Gasteiger partial charge in [-0.3, -0.25) is 20.2 Å². The largest absolute Gasteiger partial charge is 0.481 e. The van der Waals surface area contributed by atoms with E-state index in [1.54, 1.807) is 0 Å². The monoisotopic (exact) mass is 305 g/mol. The van der Waals surface area contributed by atoms with Crippen molar-refractivity contribution >= 4 is 17.9 Å². The van der Waals surface area contributed by atoms with Gasteiger partial charge in [0.05, 0.1) is 0 Å². The van der Waals surface area contributed by atoms with Crippen molar-refractivity contribution in [2.45, 2.75) is 45.1 Å². The molecule has 0 aliphatic heterocycles. The van der Waals surface area contributed by atoms with Crippen LogP contribution in [0.15, 0.2) is 0 Å². The second-order valence-corrected chi connectivity index (χ2v) is 5.16. The van der Waals surface area contributed by atoms with Crippen LogP contribution < -0.4 is 5.84 Å². The SMILES string of the molecule is CC(C)(C(=O)O)N(N)N(CCCC(=O)O)CCCC(=O)O. The highest BCUT2D eigenvalue weighted by atomic mass is 16.4. The van der Waals surface area contributed by atoms with E-state index < -0.39 is 23.4 Å². The molecule has 5 N–H and O–H groups in total. The van der Waals surface area contributed by atoms with E-state index in [0.29, 0.717) is 0 Å². The van der Waals surface area contributed by atoms with Gasteiger partial charge in [0.15, 0.2) is 0 Å². The van der Waals surface area contributed by atoms with Crippen LogP contribution >= 0.6 is 0 Å². The molecule has 0 bridgehead atoms. The number of rotatable bonds is 11. The van der Waals surface area contributed by atoms with Gasteiger partial charge in [-0.1, -0.05) is 0 Å². The van der Waals surface area contributed by atoms with Crippen LogP contribution in [0.5, 0.6) is 0 Å². The number of hydrogen-bond donors (Lipinski definition) is 4. The molecule has 0 aliphatic rings. The van der Waals surface area contributed by atoms with Gasteiger partial charge in [-0.25, -0.2) is 5.01 Å². The molecule has 0 saturated carbocycles. The lowest BCUT2D eigenvalue weighted by atomic mass is 10.1. The van der Waals surface area contributed by atoms with E-state index in [0.717, 1.165) is 5.12 Å². The molecular weight excluding hydrogens is 282 g/mol. The molecule has 0 aliphatic carbocycles. The predicted molar refractivity (Wildman–Crippen MR) is 73.1 cm³/mol. The third-order valence-corrected chi connectivity index (χ3v) is 3.01. The molecule has 0 spiro atoms. The number of aliphatic carboxylic acids is 3. The molecular formula is C12H23N3O6. The van der Waals surface area contributed by atoms with E-state index in [2.05, 4.69) is 0 Å². The Morgan fingerprint density at radius 2 is 1.33 bits per heavy atom. The topological polar surface area (TPSA) is 144 Å². The van der Waals surface area contributed by atoms with Crippen molar-refractivity contribution in [2.75, 3.05) is 13.1 Å². The smallest absolute Gasteiger partial charge is 0.326 e. The molecule has 9 heteroatoms. The van der Waals surface area contributed by atoms with E-state index in [1.165, 1.54) is 18.9 Å².